The summed E-state index contributed by atoms with van der Waals surface area (Å²) in [4.78, 5) is 11.5. The molecule has 1 aromatic rings. The maximum Gasteiger partial charge on any atom is 0.163 e. The van der Waals surface area contributed by atoms with Gasteiger partial charge in [-0.05, 0) is 43.0 Å². The molecule has 0 aromatic heterocycles. The highest BCUT2D eigenvalue weighted by atomic mass is 16.5. The molecule has 0 N–H and O–H groups in total. The molecule has 0 amide bonds. The third-order valence-corrected chi connectivity index (χ3v) is 3.95. The molecule has 1 fully saturated rings. The van der Waals surface area contributed by atoms with Crippen molar-refractivity contribution in [2.45, 2.75) is 32.1 Å². The van der Waals surface area contributed by atoms with Gasteiger partial charge in [-0.3, -0.25) is 4.79 Å². The van der Waals surface area contributed by atoms with Crippen LogP contribution in [0.3, 0.4) is 0 Å². The summed E-state index contributed by atoms with van der Waals surface area (Å²) < 4.78 is 5.78. The van der Waals surface area contributed by atoms with Crippen molar-refractivity contribution >= 4 is 5.78 Å². The summed E-state index contributed by atoms with van der Waals surface area (Å²) in [6.07, 6.45) is 4.20. The van der Waals surface area contributed by atoms with Gasteiger partial charge in [0, 0.05) is 23.8 Å². The topological polar surface area (TPSA) is 50.1 Å². The average molecular weight is 241 g/mol. The Hall–Kier alpha value is -1.82. The van der Waals surface area contributed by atoms with Crippen molar-refractivity contribution in [1.82, 2.24) is 0 Å². The lowest BCUT2D eigenvalue weighted by Gasteiger charge is -2.13. The first kappa shape index (κ1) is 11.3. The zero-order valence-corrected chi connectivity index (χ0v) is 10.2. The fourth-order valence-corrected chi connectivity index (χ4v) is 2.47. The van der Waals surface area contributed by atoms with E-state index in [0.29, 0.717) is 19.4 Å². The lowest BCUT2D eigenvalue weighted by atomic mass is 10.1. The first-order valence-corrected chi connectivity index (χ1v) is 6.38. The molecule has 92 valence electrons. The summed E-state index contributed by atoms with van der Waals surface area (Å²) in [7, 11) is 0. The number of nitriles is 1. The Balaban J connectivity index is 1.68. The normalized spacial score (nSPS) is 19.2. The molecule has 1 aromatic carbocycles. The van der Waals surface area contributed by atoms with Gasteiger partial charge in [-0.2, -0.15) is 5.26 Å². The van der Waals surface area contributed by atoms with E-state index in [4.69, 9.17) is 10.00 Å². The van der Waals surface area contributed by atoms with Gasteiger partial charge in [-0.1, -0.05) is 0 Å². The fraction of sp³-hybridized carbons (Fsp3) is 0.467. The fourth-order valence-electron chi connectivity index (χ4n) is 2.47. The number of ether oxygens (including phenoxy) is 1. The van der Waals surface area contributed by atoms with E-state index in [1.54, 1.807) is 0 Å². The predicted molar refractivity (Wildman–Crippen MR) is 66.5 cm³/mol. The second-order valence-corrected chi connectivity index (χ2v) is 5.37. The summed E-state index contributed by atoms with van der Waals surface area (Å²) in [6.45, 7) is 0.618. The maximum atomic E-state index is 11.5. The molecule has 0 atom stereocenters. The summed E-state index contributed by atoms with van der Waals surface area (Å²) >= 11 is 0. The standard InChI is InChI=1S/C15H15NO2/c16-8-7-15(5-6-15)10-18-12-2-3-13-11(9-12)1-4-14(13)17/h2-3,9H,1,4-7,10H2. The van der Waals surface area contributed by atoms with E-state index in [1.807, 2.05) is 18.2 Å². The molecule has 2 aliphatic rings. The zero-order valence-electron chi connectivity index (χ0n) is 10.2. The number of rotatable bonds is 4. The van der Waals surface area contributed by atoms with Crippen LogP contribution < -0.4 is 4.74 Å². The Morgan fingerprint density at radius 3 is 2.89 bits per heavy atom. The van der Waals surface area contributed by atoms with E-state index in [1.165, 1.54) is 0 Å². The molecule has 0 spiro atoms. The van der Waals surface area contributed by atoms with Crippen molar-refractivity contribution in [2.24, 2.45) is 5.41 Å². The highest BCUT2D eigenvalue weighted by molar-refractivity contribution is 6.00. The van der Waals surface area contributed by atoms with Gasteiger partial charge in [0.25, 0.3) is 0 Å². The van der Waals surface area contributed by atoms with E-state index in [2.05, 4.69) is 6.07 Å². The summed E-state index contributed by atoms with van der Waals surface area (Å²) in [5, 5.41) is 8.75. The largest absolute Gasteiger partial charge is 0.493 e. The van der Waals surface area contributed by atoms with E-state index < -0.39 is 0 Å². The van der Waals surface area contributed by atoms with Gasteiger partial charge in [0.1, 0.15) is 5.75 Å². The highest BCUT2D eigenvalue weighted by Gasteiger charge is 2.43. The molecular formula is C15H15NO2. The first-order chi connectivity index (χ1) is 8.72. The maximum absolute atomic E-state index is 11.5. The molecule has 0 heterocycles. The van der Waals surface area contributed by atoms with Crippen LogP contribution in [-0.2, 0) is 6.42 Å². The van der Waals surface area contributed by atoms with Gasteiger partial charge < -0.3 is 4.74 Å². The Bertz CT molecular complexity index is 538. The minimum Gasteiger partial charge on any atom is -0.493 e. The molecule has 0 unspecified atom stereocenters. The molecule has 0 saturated heterocycles. The van der Waals surface area contributed by atoms with E-state index in [0.717, 1.165) is 36.1 Å². The number of nitrogens with zero attached hydrogens (tertiary/aromatic N) is 1. The number of benzene rings is 1. The molecule has 18 heavy (non-hydrogen) atoms. The van der Waals surface area contributed by atoms with Crippen molar-refractivity contribution in [3.63, 3.8) is 0 Å². The van der Waals surface area contributed by atoms with Crippen LogP contribution in [-0.4, -0.2) is 12.4 Å². The summed E-state index contributed by atoms with van der Waals surface area (Å²) in [6, 6.07) is 7.93. The van der Waals surface area contributed by atoms with Gasteiger partial charge in [0.2, 0.25) is 0 Å². The predicted octanol–water partition coefficient (Wildman–Crippen LogP) is 2.89. The lowest BCUT2D eigenvalue weighted by Crippen LogP contribution is -2.12. The van der Waals surface area contributed by atoms with E-state index >= 15 is 0 Å². The van der Waals surface area contributed by atoms with Crippen LogP contribution >= 0.6 is 0 Å². The van der Waals surface area contributed by atoms with Crippen LogP contribution in [0.1, 0.15) is 41.6 Å². The Labute approximate surface area is 106 Å². The molecule has 1 saturated carbocycles. The second kappa shape index (κ2) is 4.13. The zero-order chi connectivity index (χ0) is 12.6. The van der Waals surface area contributed by atoms with E-state index in [-0.39, 0.29) is 11.2 Å². The van der Waals surface area contributed by atoms with Crippen LogP contribution in [0, 0.1) is 16.7 Å². The number of hydrogen-bond donors (Lipinski definition) is 0. The van der Waals surface area contributed by atoms with Gasteiger partial charge >= 0.3 is 0 Å². The van der Waals surface area contributed by atoms with Crippen molar-refractivity contribution < 1.29 is 9.53 Å². The van der Waals surface area contributed by atoms with Gasteiger partial charge in [0.15, 0.2) is 5.78 Å². The van der Waals surface area contributed by atoms with Gasteiger partial charge in [-0.25, -0.2) is 0 Å². The summed E-state index contributed by atoms with van der Waals surface area (Å²) in [5.74, 6) is 1.06. The van der Waals surface area contributed by atoms with Crippen molar-refractivity contribution in [3.05, 3.63) is 29.3 Å². The number of fused-ring (bicyclic) bond motifs is 1. The number of aryl methyl sites for hydroxylation is 1. The minimum absolute atomic E-state index is 0.101. The second-order valence-electron chi connectivity index (χ2n) is 5.37. The first-order valence-electron chi connectivity index (χ1n) is 6.38. The number of Topliss-reactive ketones (excluding diaryl/α,β-unsaturated/α-hetero) is 1. The van der Waals surface area contributed by atoms with E-state index in [9.17, 15) is 4.79 Å². The molecule has 3 rings (SSSR count). The van der Waals surface area contributed by atoms with Crippen molar-refractivity contribution in [3.8, 4) is 11.8 Å². The van der Waals surface area contributed by atoms with Crippen LogP contribution in [0.25, 0.3) is 0 Å². The third-order valence-electron chi connectivity index (χ3n) is 3.95. The minimum atomic E-state index is 0.101. The smallest absolute Gasteiger partial charge is 0.163 e. The van der Waals surface area contributed by atoms with Crippen LogP contribution in [0.15, 0.2) is 18.2 Å². The number of hydrogen-bond acceptors (Lipinski definition) is 3. The molecule has 3 nitrogen and oxygen atoms in total. The number of carbonyl (C=O) groups excluding carboxylic acids is 1. The van der Waals surface area contributed by atoms with Gasteiger partial charge in [-0.15, -0.1) is 0 Å². The lowest BCUT2D eigenvalue weighted by molar-refractivity contribution is 0.0994. The Morgan fingerprint density at radius 1 is 1.33 bits per heavy atom. The van der Waals surface area contributed by atoms with Crippen LogP contribution in [0.2, 0.25) is 0 Å². The Kier molecular flexibility index (Phi) is 2.59. The molecule has 2 aliphatic carbocycles. The summed E-state index contributed by atoms with van der Waals surface area (Å²) in [5.41, 5.74) is 2.05. The monoisotopic (exact) mass is 241 g/mol. The quantitative estimate of drug-likeness (QED) is 0.814. The molecular weight excluding hydrogens is 226 g/mol. The van der Waals surface area contributed by atoms with Crippen LogP contribution in [0.5, 0.6) is 5.75 Å². The third kappa shape index (κ3) is 1.99. The number of carbonyl (C=O) groups is 1. The SMILES string of the molecule is N#CCC1(COc2ccc3c(c2)CCC3=O)CC1. The number of ketones is 1. The molecule has 0 radical (unpaired) electrons. The molecule has 3 heteroatoms. The molecule has 0 aliphatic heterocycles. The van der Waals surface area contributed by atoms with Crippen LogP contribution in [0.4, 0.5) is 0 Å². The van der Waals surface area contributed by atoms with Gasteiger partial charge in [0.05, 0.1) is 12.7 Å². The van der Waals surface area contributed by atoms with Crippen molar-refractivity contribution in [2.75, 3.05) is 6.61 Å². The molecule has 0 bridgehead atoms. The van der Waals surface area contributed by atoms with Crippen molar-refractivity contribution in [1.29, 1.82) is 5.26 Å². The Morgan fingerprint density at radius 2 is 2.17 bits per heavy atom. The highest BCUT2D eigenvalue weighted by Crippen LogP contribution is 2.48. The average Bonchev–Trinajstić information content (AvgIpc) is 3.05.